The Hall–Kier alpha value is -1.00. The van der Waals surface area contributed by atoms with Crippen LogP contribution in [0.25, 0.3) is 0 Å². The van der Waals surface area contributed by atoms with Gasteiger partial charge >= 0.3 is 0 Å². The van der Waals surface area contributed by atoms with E-state index in [0.29, 0.717) is 0 Å². The normalized spacial score (nSPS) is 27.8. The van der Waals surface area contributed by atoms with Crippen LogP contribution in [0.1, 0.15) is 64.2 Å². The van der Waals surface area contributed by atoms with E-state index in [1.54, 1.807) is 11.1 Å². The molecule has 2 aliphatic rings. The summed E-state index contributed by atoms with van der Waals surface area (Å²) in [5, 5.41) is 0. The number of allylic oxidation sites excluding steroid dienone is 3. The van der Waals surface area contributed by atoms with E-state index in [4.69, 9.17) is 0 Å². The van der Waals surface area contributed by atoms with Crippen molar-refractivity contribution in [2.45, 2.75) is 64.2 Å². The van der Waals surface area contributed by atoms with Gasteiger partial charge in [0, 0.05) is 0 Å². The van der Waals surface area contributed by atoms with E-state index in [1.807, 2.05) is 0 Å². The van der Waals surface area contributed by atoms with E-state index < -0.39 is 0 Å². The van der Waals surface area contributed by atoms with E-state index in [-0.39, 0.29) is 0 Å². The van der Waals surface area contributed by atoms with Crippen LogP contribution in [0.3, 0.4) is 0 Å². The monoisotopic (exact) mass is 256 g/mol. The zero-order valence-corrected chi connectivity index (χ0v) is 12.3. The lowest BCUT2D eigenvalue weighted by molar-refractivity contribution is 0.445. The standard InChI is InChI=1S/C19H28/c1-3-9-16-11-5-7-13-18(16)15-19-14-8-6-12-17(19)10-4-2/h3-4,16-17H,1-2,5-14H2. The van der Waals surface area contributed by atoms with E-state index >= 15 is 0 Å². The van der Waals surface area contributed by atoms with E-state index in [0.717, 1.165) is 24.7 Å². The Morgan fingerprint density at radius 3 is 1.74 bits per heavy atom. The van der Waals surface area contributed by atoms with Crippen LogP contribution in [0.2, 0.25) is 0 Å². The molecule has 0 spiro atoms. The molecule has 104 valence electrons. The van der Waals surface area contributed by atoms with Crippen LogP contribution in [0.15, 0.2) is 42.2 Å². The van der Waals surface area contributed by atoms with Gasteiger partial charge in [-0.15, -0.1) is 18.9 Å². The van der Waals surface area contributed by atoms with Crippen LogP contribution < -0.4 is 0 Å². The fourth-order valence-electron chi connectivity index (χ4n) is 3.63. The molecule has 0 N–H and O–H groups in total. The summed E-state index contributed by atoms with van der Waals surface area (Å²) in [6.07, 6.45) is 17.2. The lowest BCUT2D eigenvalue weighted by Crippen LogP contribution is -2.11. The number of hydrogen-bond acceptors (Lipinski definition) is 0. The first-order valence-corrected chi connectivity index (χ1v) is 8.05. The van der Waals surface area contributed by atoms with Crippen molar-refractivity contribution >= 4 is 0 Å². The molecule has 0 radical (unpaired) electrons. The van der Waals surface area contributed by atoms with Crippen molar-refractivity contribution in [1.82, 2.24) is 0 Å². The highest BCUT2D eigenvalue weighted by molar-refractivity contribution is 5.18. The third kappa shape index (κ3) is 3.98. The summed E-state index contributed by atoms with van der Waals surface area (Å²) < 4.78 is 0. The molecule has 19 heavy (non-hydrogen) atoms. The summed E-state index contributed by atoms with van der Waals surface area (Å²) in [7, 11) is 0. The molecule has 0 aromatic carbocycles. The first-order chi connectivity index (χ1) is 9.35. The van der Waals surface area contributed by atoms with Gasteiger partial charge in [0.2, 0.25) is 0 Å². The van der Waals surface area contributed by atoms with E-state index in [2.05, 4.69) is 31.0 Å². The van der Waals surface area contributed by atoms with Gasteiger partial charge in [-0.2, -0.15) is 0 Å². The van der Waals surface area contributed by atoms with Gasteiger partial charge in [0.05, 0.1) is 0 Å². The predicted octanol–water partition coefficient (Wildman–Crippen LogP) is 5.97. The van der Waals surface area contributed by atoms with Crippen molar-refractivity contribution in [2.24, 2.45) is 11.8 Å². The van der Waals surface area contributed by atoms with Crippen LogP contribution in [-0.2, 0) is 0 Å². The van der Waals surface area contributed by atoms with Gasteiger partial charge in [0.15, 0.2) is 0 Å². The van der Waals surface area contributed by atoms with Crippen molar-refractivity contribution in [3.63, 3.8) is 0 Å². The summed E-state index contributed by atoms with van der Waals surface area (Å²) in [6, 6.07) is 0. The fourth-order valence-corrected chi connectivity index (χ4v) is 3.63. The van der Waals surface area contributed by atoms with Crippen molar-refractivity contribution < 1.29 is 0 Å². The zero-order chi connectivity index (χ0) is 13.5. The molecular weight excluding hydrogens is 228 g/mol. The topological polar surface area (TPSA) is 0 Å². The van der Waals surface area contributed by atoms with Crippen molar-refractivity contribution in [3.05, 3.63) is 42.2 Å². The molecule has 0 amide bonds. The molecule has 2 saturated carbocycles. The molecule has 0 aromatic heterocycles. The zero-order valence-electron chi connectivity index (χ0n) is 12.3. The minimum absolute atomic E-state index is 0.727. The van der Waals surface area contributed by atoms with Crippen LogP contribution in [0.5, 0.6) is 0 Å². The highest BCUT2D eigenvalue weighted by Gasteiger charge is 2.20. The maximum atomic E-state index is 3.92. The minimum Gasteiger partial charge on any atom is -0.122 e. The van der Waals surface area contributed by atoms with Crippen LogP contribution in [0, 0.1) is 11.8 Å². The van der Waals surface area contributed by atoms with Crippen molar-refractivity contribution in [2.75, 3.05) is 0 Å². The highest BCUT2D eigenvalue weighted by atomic mass is 14.2. The summed E-state index contributed by atoms with van der Waals surface area (Å²) >= 11 is 0. The average molecular weight is 256 g/mol. The summed E-state index contributed by atoms with van der Waals surface area (Å²) in [5.41, 5.74) is 7.05. The molecule has 0 saturated heterocycles. The first kappa shape index (κ1) is 14.4. The fraction of sp³-hybridized carbons (Fsp3) is 0.632. The van der Waals surface area contributed by atoms with E-state index in [1.165, 1.54) is 51.4 Å². The molecule has 0 bridgehead atoms. The van der Waals surface area contributed by atoms with Crippen LogP contribution >= 0.6 is 0 Å². The molecule has 2 atom stereocenters. The van der Waals surface area contributed by atoms with Gasteiger partial charge in [-0.05, 0) is 74.3 Å². The second kappa shape index (κ2) is 7.56. The summed E-state index contributed by atoms with van der Waals surface area (Å²) in [5.74, 6) is 1.45. The smallest absolute Gasteiger partial charge is 0.00927 e. The second-order valence-electron chi connectivity index (χ2n) is 6.11. The Bertz CT molecular complexity index is 345. The highest BCUT2D eigenvalue weighted by Crippen LogP contribution is 2.35. The van der Waals surface area contributed by atoms with Gasteiger partial charge in [0.1, 0.15) is 0 Å². The van der Waals surface area contributed by atoms with Crippen LogP contribution in [-0.4, -0.2) is 0 Å². The van der Waals surface area contributed by atoms with Crippen LogP contribution in [0.4, 0.5) is 0 Å². The van der Waals surface area contributed by atoms with Gasteiger partial charge in [-0.3, -0.25) is 0 Å². The number of hydrogen-bond donors (Lipinski definition) is 0. The molecule has 0 aromatic rings. The molecular formula is C19H28. The molecule has 0 heteroatoms. The van der Waals surface area contributed by atoms with Gasteiger partial charge < -0.3 is 0 Å². The third-order valence-electron chi connectivity index (χ3n) is 4.71. The van der Waals surface area contributed by atoms with Gasteiger partial charge in [0.25, 0.3) is 0 Å². The largest absolute Gasteiger partial charge is 0.122 e. The first-order valence-electron chi connectivity index (χ1n) is 8.05. The molecule has 2 unspecified atom stereocenters. The second-order valence-corrected chi connectivity index (χ2v) is 6.11. The average Bonchev–Trinajstić information content (AvgIpc) is 2.44. The summed E-state index contributed by atoms with van der Waals surface area (Å²) in [4.78, 5) is 0. The molecule has 0 aliphatic heterocycles. The SMILES string of the molecule is C=CCC1CCCCC1=C=C1CCCCC1CC=C. The molecule has 2 rings (SSSR count). The molecule has 0 nitrogen and oxygen atoms in total. The van der Waals surface area contributed by atoms with Crippen molar-refractivity contribution in [1.29, 1.82) is 0 Å². The van der Waals surface area contributed by atoms with Crippen molar-refractivity contribution in [3.8, 4) is 0 Å². The Labute approximate surface area is 119 Å². The molecule has 2 fully saturated rings. The maximum absolute atomic E-state index is 3.92. The third-order valence-corrected chi connectivity index (χ3v) is 4.71. The van der Waals surface area contributed by atoms with Gasteiger partial charge in [-0.1, -0.05) is 25.0 Å². The number of rotatable bonds is 4. The Balaban J connectivity index is 2.23. The minimum atomic E-state index is 0.727. The predicted molar refractivity (Wildman–Crippen MR) is 84.1 cm³/mol. The quantitative estimate of drug-likeness (QED) is 0.429. The molecule has 0 heterocycles. The lowest BCUT2D eigenvalue weighted by Gasteiger charge is -2.26. The Morgan fingerprint density at radius 2 is 1.32 bits per heavy atom. The maximum Gasteiger partial charge on any atom is -0.00927 e. The van der Waals surface area contributed by atoms with E-state index in [9.17, 15) is 0 Å². The van der Waals surface area contributed by atoms with Gasteiger partial charge in [-0.25, -0.2) is 0 Å². The molecule has 2 aliphatic carbocycles. The summed E-state index contributed by atoms with van der Waals surface area (Å²) in [6.45, 7) is 7.84. The lowest BCUT2D eigenvalue weighted by atomic mass is 9.79. The Morgan fingerprint density at radius 1 is 0.842 bits per heavy atom. The Kier molecular flexibility index (Phi) is 5.73.